The molecule has 1 aliphatic carbocycles. The molecule has 146 valence electrons. The van der Waals surface area contributed by atoms with Crippen molar-refractivity contribution in [2.75, 3.05) is 11.9 Å². The molecule has 1 aliphatic heterocycles. The lowest BCUT2D eigenvalue weighted by atomic mass is 9.96. The molecule has 4 rings (SSSR count). The Morgan fingerprint density at radius 3 is 2.93 bits per heavy atom. The van der Waals surface area contributed by atoms with Gasteiger partial charge in [0.2, 0.25) is 11.8 Å². The molecule has 5 nitrogen and oxygen atoms in total. The van der Waals surface area contributed by atoms with Gasteiger partial charge in [-0.3, -0.25) is 9.59 Å². The summed E-state index contributed by atoms with van der Waals surface area (Å²) in [6.45, 7) is 0.136. The number of carbonyl (C=O) groups is 2. The minimum Gasteiger partial charge on any atom is -0.383 e. The monoisotopic (exact) mass is 382 g/mol. The molecule has 2 amide bonds. The van der Waals surface area contributed by atoms with Crippen LogP contribution in [0.25, 0.3) is 0 Å². The predicted molar refractivity (Wildman–Crippen MR) is 103 cm³/mol. The summed E-state index contributed by atoms with van der Waals surface area (Å²) >= 11 is 0. The molecule has 1 unspecified atom stereocenters. The van der Waals surface area contributed by atoms with Crippen LogP contribution >= 0.6 is 0 Å². The van der Waals surface area contributed by atoms with E-state index in [1.807, 2.05) is 18.2 Å². The van der Waals surface area contributed by atoms with Crippen LogP contribution in [0.3, 0.4) is 0 Å². The number of fused-ring (bicyclic) bond motifs is 2. The highest BCUT2D eigenvalue weighted by Gasteiger charge is 2.37. The molecule has 6 heteroatoms. The summed E-state index contributed by atoms with van der Waals surface area (Å²) in [6, 6.07) is 10.3. The summed E-state index contributed by atoms with van der Waals surface area (Å²) in [6.07, 6.45) is 3.30. The van der Waals surface area contributed by atoms with E-state index in [0.717, 1.165) is 28.8 Å². The van der Waals surface area contributed by atoms with Crippen LogP contribution in [0.5, 0.6) is 0 Å². The van der Waals surface area contributed by atoms with Gasteiger partial charge in [0.25, 0.3) is 0 Å². The van der Waals surface area contributed by atoms with Gasteiger partial charge in [-0.1, -0.05) is 18.2 Å². The summed E-state index contributed by atoms with van der Waals surface area (Å²) in [5.74, 6) is -0.401. The van der Waals surface area contributed by atoms with Crippen LogP contribution in [0.4, 0.5) is 10.1 Å². The van der Waals surface area contributed by atoms with E-state index in [1.54, 1.807) is 6.07 Å². The average Bonchev–Trinajstić information content (AvgIpc) is 3.19. The fourth-order valence-electron chi connectivity index (χ4n) is 4.11. The van der Waals surface area contributed by atoms with Crippen LogP contribution in [-0.4, -0.2) is 23.5 Å². The van der Waals surface area contributed by atoms with Gasteiger partial charge in [-0.15, -0.1) is 0 Å². The highest BCUT2D eigenvalue weighted by molar-refractivity contribution is 5.99. The van der Waals surface area contributed by atoms with Crippen LogP contribution in [0.1, 0.15) is 41.5 Å². The quantitative estimate of drug-likeness (QED) is 0.719. The largest absolute Gasteiger partial charge is 0.383 e. The first kappa shape index (κ1) is 18.6. The van der Waals surface area contributed by atoms with E-state index in [9.17, 15) is 19.1 Å². The molecule has 0 spiro atoms. The number of amides is 2. The molecule has 0 fully saturated rings. The Kier molecular flexibility index (Phi) is 4.89. The zero-order chi connectivity index (χ0) is 19.7. The zero-order valence-electron chi connectivity index (χ0n) is 15.6. The molecule has 1 heterocycles. The van der Waals surface area contributed by atoms with Gasteiger partial charge < -0.3 is 15.7 Å². The summed E-state index contributed by atoms with van der Waals surface area (Å²) in [7, 11) is 0. The van der Waals surface area contributed by atoms with E-state index in [4.69, 9.17) is 0 Å². The van der Waals surface area contributed by atoms with Crippen molar-refractivity contribution in [2.24, 2.45) is 0 Å². The van der Waals surface area contributed by atoms with E-state index >= 15 is 0 Å². The van der Waals surface area contributed by atoms with Crippen LogP contribution in [0.2, 0.25) is 0 Å². The molecule has 2 aromatic carbocycles. The van der Waals surface area contributed by atoms with Crippen molar-refractivity contribution in [1.82, 2.24) is 5.32 Å². The second kappa shape index (κ2) is 7.36. The fraction of sp³-hybridized carbons (Fsp3) is 0.364. The third kappa shape index (κ3) is 3.78. The highest BCUT2D eigenvalue weighted by Crippen LogP contribution is 2.36. The predicted octanol–water partition coefficient (Wildman–Crippen LogP) is 2.59. The number of aliphatic hydroxyl groups is 1. The van der Waals surface area contributed by atoms with Gasteiger partial charge in [-0.05, 0) is 66.1 Å². The van der Waals surface area contributed by atoms with Crippen molar-refractivity contribution < 1.29 is 19.1 Å². The number of carbonyl (C=O) groups excluding carboxylic acids is 2. The molecule has 2 aliphatic rings. The minimum atomic E-state index is -1.13. The molecule has 2 aromatic rings. The maximum absolute atomic E-state index is 13.3. The van der Waals surface area contributed by atoms with Gasteiger partial charge in [0.1, 0.15) is 11.4 Å². The lowest BCUT2D eigenvalue weighted by Crippen LogP contribution is -2.39. The molecule has 0 radical (unpaired) electrons. The Labute approximate surface area is 163 Å². The number of halogens is 1. The maximum atomic E-state index is 13.3. The number of hydrogen-bond donors (Lipinski definition) is 3. The summed E-state index contributed by atoms with van der Waals surface area (Å²) in [5, 5.41) is 16.5. The van der Waals surface area contributed by atoms with E-state index in [2.05, 4.69) is 10.6 Å². The minimum absolute atomic E-state index is 0.0145. The second-order valence-electron chi connectivity index (χ2n) is 7.68. The van der Waals surface area contributed by atoms with Crippen LogP contribution < -0.4 is 10.6 Å². The Hall–Kier alpha value is -2.73. The maximum Gasteiger partial charge on any atom is 0.228 e. The SMILES string of the molecule is O=C(CCCc1ccc2c(c1)CC(=O)N2)NCC1(O)CCc2cc(F)ccc21. The Morgan fingerprint density at radius 1 is 1.21 bits per heavy atom. The molecule has 1 atom stereocenters. The van der Waals surface area contributed by atoms with Crippen molar-refractivity contribution in [2.45, 2.75) is 44.1 Å². The molecule has 28 heavy (non-hydrogen) atoms. The first-order chi connectivity index (χ1) is 13.4. The molecule has 0 saturated carbocycles. The van der Waals surface area contributed by atoms with Crippen LogP contribution in [-0.2, 0) is 34.5 Å². The molecule has 3 N–H and O–H groups in total. The van der Waals surface area contributed by atoms with Crippen LogP contribution in [0.15, 0.2) is 36.4 Å². The van der Waals surface area contributed by atoms with Gasteiger partial charge >= 0.3 is 0 Å². The van der Waals surface area contributed by atoms with Crippen molar-refractivity contribution >= 4 is 17.5 Å². The standard InChI is InChI=1S/C22H23FN2O3/c23-17-5-6-18-15(11-17)8-9-22(18,28)13-24-20(26)3-1-2-14-4-7-19-16(10-14)12-21(27)25-19/h4-7,10-11,28H,1-3,8-9,12-13H2,(H,24,26)(H,25,27). The summed E-state index contributed by atoms with van der Waals surface area (Å²) in [5.41, 5.74) is 3.37. The number of hydrogen-bond acceptors (Lipinski definition) is 3. The van der Waals surface area contributed by atoms with Crippen molar-refractivity contribution in [3.8, 4) is 0 Å². The summed E-state index contributed by atoms with van der Waals surface area (Å²) < 4.78 is 13.3. The van der Waals surface area contributed by atoms with Gasteiger partial charge in [0.15, 0.2) is 0 Å². The number of benzene rings is 2. The zero-order valence-corrected chi connectivity index (χ0v) is 15.6. The van der Waals surface area contributed by atoms with Crippen molar-refractivity contribution in [1.29, 1.82) is 0 Å². The smallest absolute Gasteiger partial charge is 0.228 e. The number of nitrogens with one attached hydrogen (secondary N) is 2. The average molecular weight is 382 g/mol. The molecular weight excluding hydrogens is 359 g/mol. The molecule has 0 bridgehead atoms. The first-order valence-electron chi connectivity index (χ1n) is 9.63. The Bertz CT molecular complexity index is 943. The number of rotatable bonds is 6. The first-order valence-corrected chi connectivity index (χ1v) is 9.63. The van der Waals surface area contributed by atoms with E-state index < -0.39 is 5.60 Å². The Morgan fingerprint density at radius 2 is 2.07 bits per heavy atom. The number of aryl methyl sites for hydroxylation is 2. The lowest BCUT2D eigenvalue weighted by Gasteiger charge is -2.24. The van der Waals surface area contributed by atoms with Gasteiger partial charge in [0.05, 0.1) is 13.0 Å². The topological polar surface area (TPSA) is 78.4 Å². The Balaban J connectivity index is 1.26. The highest BCUT2D eigenvalue weighted by atomic mass is 19.1. The second-order valence-corrected chi connectivity index (χ2v) is 7.68. The summed E-state index contributed by atoms with van der Waals surface area (Å²) in [4.78, 5) is 23.6. The molecule has 0 aromatic heterocycles. The van der Waals surface area contributed by atoms with Crippen molar-refractivity contribution in [3.05, 3.63) is 64.5 Å². The van der Waals surface area contributed by atoms with E-state index in [-0.39, 0.29) is 24.2 Å². The third-order valence-corrected chi connectivity index (χ3v) is 5.62. The molecular formula is C22H23FN2O3. The van der Waals surface area contributed by atoms with E-state index in [1.165, 1.54) is 12.1 Å². The van der Waals surface area contributed by atoms with Crippen molar-refractivity contribution in [3.63, 3.8) is 0 Å². The lowest BCUT2D eigenvalue weighted by molar-refractivity contribution is -0.122. The fourth-order valence-corrected chi connectivity index (χ4v) is 4.11. The van der Waals surface area contributed by atoms with Crippen LogP contribution in [0, 0.1) is 5.82 Å². The molecule has 0 saturated heterocycles. The normalized spacial score (nSPS) is 19.9. The van der Waals surface area contributed by atoms with Gasteiger partial charge in [-0.2, -0.15) is 0 Å². The third-order valence-electron chi connectivity index (χ3n) is 5.62. The van der Waals surface area contributed by atoms with E-state index in [0.29, 0.717) is 37.7 Å². The van der Waals surface area contributed by atoms with Gasteiger partial charge in [0, 0.05) is 12.1 Å². The van der Waals surface area contributed by atoms with Gasteiger partial charge in [-0.25, -0.2) is 4.39 Å². The number of anilines is 1.